The van der Waals surface area contributed by atoms with Gasteiger partial charge in [0.15, 0.2) is 0 Å². The minimum atomic E-state index is -1.18. The number of thioether (sulfide) groups is 1. The molecule has 5 heteroatoms. The zero-order chi connectivity index (χ0) is 16.0. The lowest BCUT2D eigenvalue weighted by molar-refractivity contribution is -0.125. The number of hydrogen-bond donors (Lipinski definition) is 1. The van der Waals surface area contributed by atoms with Crippen LogP contribution in [-0.4, -0.2) is 34.0 Å². The topological polar surface area (TPSA) is 57.6 Å². The second kappa shape index (κ2) is 5.22. The number of rotatable bonds is 2. The van der Waals surface area contributed by atoms with E-state index in [4.69, 9.17) is 0 Å². The van der Waals surface area contributed by atoms with Crippen LogP contribution in [0.4, 0.5) is 5.69 Å². The molecule has 2 amide bonds. The molecule has 0 bridgehead atoms. The van der Waals surface area contributed by atoms with Gasteiger partial charge in [0.2, 0.25) is 11.8 Å². The molecule has 2 heterocycles. The Morgan fingerprint density at radius 1 is 1.00 bits per heavy atom. The van der Waals surface area contributed by atoms with Crippen LogP contribution in [-0.2, 0) is 15.0 Å². The molecule has 0 unspecified atom stereocenters. The molecule has 4 nitrogen and oxygen atoms in total. The van der Waals surface area contributed by atoms with Gasteiger partial charge in [-0.25, -0.2) is 4.90 Å². The van der Waals surface area contributed by atoms with E-state index < -0.39 is 16.8 Å². The summed E-state index contributed by atoms with van der Waals surface area (Å²) in [5.41, 5.74) is 0.0815. The van der Waals surface area contributed by atoms with E-state index in [1.165, 1.54) is 16.7 Å². The zero-order valence-corrected chi connectivity index (χ0v) is 13.1. The zero-order valence-electron chi connectivity index (χ0n) is 12.3. The summed E-state index contributed by atoms with van der Waals surface area (Å²) >= 11 is 1.36. The summed E-state index contributed by atoms with van der Waals surface area (Å²) in [5.74, 6) is -0.186. The maximum absolute atomic E-state index is 13.3. The molecule has 2 aromatic carbocycles. The van der Waals surface area contributed by atoms with Gasteiger partial charge < -0.3 is 5.11 Å². The molecule has 2 saturated heterocycles. The van der Waals surface area contributed by atoms with Crippen molar-refractivity contribution in [2.75, 3.05) is 10.7 Å². The molecular formula is C18H15NO3S. The molecule has 0 radical (unpaired) electrons. The first-order valence-corrected chi connectivity index (χ1v) is 8.51. The predicted molar refractivity (Wildman–Crippen MR) is 89.3 cm³/mol. The summed E-state index contributed by atoms with van der Waals surface area (Å²) in [4.78, 5) is 27.4. The molecule has 1 N–H and O–H groups in total. The van der Waals surface area contributed by atoms with Gasteiger partial charge in [-0.2, -0.15) is 0 Å². The Balaban J connectivity index is 1.90. The molecule has 3 atom stereocenters. The van der Waals surface area contributed by atoms with Gasteiger partial charge in [0.1, 0.15) is 10.7 Å². The number of anilines is 1. The van der Waals surface area contributed by atoms with Crippen molar-refractivity contribution in [2.45, 2.75) is 16.8 Å². The van der Waals surface area contributed by atoms with E-state index in [2.05, 4.69) is 0 Å². The average Bonchev–Trinajstić information content (AvgIpc) is 3.05. The fraction of sp³-hybridized carbons (Fsp3) is 0.222. The number of hydrogen-bond acceptors (Lipinski definition) is 4. The first-order chi connectivity index (χ1) is 11.2. The second-order valence-corrected chi connectivity index (χ2v) is 6.92. The maximum atomic E-state index is 13.3. The molecule has 0 aromatic heterocycles. The van der Waals surface area contributed by atoms with Crippen LogP contribution in [0.1, 0.15) is 5.56 Å². The van der Waals surface area contributed by atoms with Crippen molar-refractivity contribution in [1.29, 1.82) is 0 Å². The van der Waals surface area contributed by atoms with Crippen LogP contribution >= 0.6 is 11.8 Å². The standard InChI is InChI=1S/C18H15NO3S/c20-14-11-23-15-16(21)19(13-9-5-2-6-10-13)17(22)18(14,15)12-7-3-1-4-8-12/h1-10,14-15,20H,11H2/t14-,15+,18+/m1/s1. The van der Waals surface area contributed by atoms with Crippen LogP contribution in [0, 0.1) is 0 Å². The van der Waals surface area contributed by atoms with E-state index in [9.17, 15) is 14.7 Å². The SMILES string of the molecule is O=C1[C@@H]2SC[C@@H](O)[C@]2(c2ccccc2)C(=O)N1c1ccccc1. The lowest BCUT2D eigenvalue weighted by atomic mass is 9.74. The van der Waals surface area contributed by atoms with Crippen molar-refractivity contribution >= 4 is 29.3 Å². The van der Waals surface area contributed by atoms with Crippen molar-refractivity contribution in [3.8, 4) is 0 Å². The number of amides is 2. The first kappa shape index (κ1) is 14.5. The molecule has 2 aliphatic rings. The fourth-order valence-electron chi connectivity index (χ4n) is 3.55. The average molecular weight is 325 g/mol. The normalized spacial score (nSPS) is 29.9. The summed E-state index contributed by atoms with van der Waals surface area (Å²) in [6.07, 6.45) is -0.870. The molecular weight excluding hydrogens is 310 g/mol. The Kier molecular flexibility index (Phi) is 3.28. The van der Waals surface area contributed by atoms with E-state index in [0.717, 1.165) is 0 Å². The first-order valence-electron chi connectivity index (χ1n) is 7.46. The van der Waals surface area contributed by atoms with Crippen LogP contribution in [0.5, 0.6) is 0 Å². The number of carbonyl (C=O) groups excluding carboxylic acids is 2. The minimum absolute atomic E-state index is 0.244. The van der Waals surface area contributed by atoms with Gasteiger partial charge in [0, 0.05) is 5.75 Å². The number of aliphatic hydroxyl groups is 1. The molecule has 23 heavy (non-hydrogen) atoms. The third-order valence-electron chi connectivity index (χ3n) is 4.63. The second-order valence-electron chi connectivity index (χ2n) is 5.78. The van der Waals surface area contributed by atoms with Gasteiger partial charge in [-0.15, -0.1) is 11.8 Å². The van der Waals surface area contributed by atoms with Crippen molar-refractivity contribution in [3.05, 3.63) is 66.2 Å². The van der Waals surface area contributed by atoms with Crippen molar-refractivity contribution in [3.63, 3.8) is 0 Å². The molecule has 2 aliphatic heterocycles. The highest BCUT2D eigenvalue weighted by molar-refractivity contribution is 8.01. The monoisotopic (exact) mass is 325 g/mol. The van der Waals surface area contributed by atoms with Crippen molar-refractivity contribution in [1.82, 2.24) is 0 Å². The van der Waals surface area contributed by atoms with Gasteiger partial charge in [-0.05, 0) is 17.7 Å². The summed E-state index contributed by atoms with van der Waals surface area (Å²) < 4.78 is 0. The predicted octanol–water partition coefficient (Wildman–Crippen LogP) is 1.97. The van der Waals surface area contributed by atoms with Crippen LogP contribution in [0.25, 0.3) is 0 Å². The van der Waals surface area contributed by atoms with Gasteiger partial charge in [0.05, 0.1) is 11.8 Å². The fourth-order valence-corrected chi connectivity index (χ4v) is 5.09. The summed E-state index contributed by atoms with van der Waals surface area (Å²) in [7, 11) is 0. The number of fused-ring (bicyclic) bond motifs is 1. The van der Waals surface area contributed by atoms with E-state index in [-0.39, 0.29) is 11.8 Å². The number of benzene rings is 2. The lowest BCUT2D eigenvalue weighted by Gasteiger charge is -2.29. The number of para-hydroxylation sites is 1. The minimum Gasteiger partial charge on any atom is -0.391 e. The van der Waals surface area contributed by atoms with Crippen molar-refractivity contribution < 1.29 is 14.7 Å². The third-order valence-corrected chi connectivity index (χ3v) is 6.04. The molecule has 0 spiro atoms. The van der Waals surface area contributed by atoms with Crippen LogP contribution in [0.15, 0.2) is 60.7 Å². The molecule has 4 rings (SSSR count). The maximum Gasteiger partial charge on any atom is 0.248 e. The molecule has 2 aromatic rings. The lowest BCUT2D eigenvalue weighted by Crippen LogP contribution is -2.48. The van der Waals surface area contributed by atoms with E-state index in [0.29, 0.717) is 17.0 Å². The highest BCUT2D eigenvalue weighted by Gasteiger charge is 2.67. The third kappa shape index (κ3) is 1.84. The summed E-state index contributed by atoms with van der Waals surface area (Å²) in [5, 5.41) is 10.1. The summed E-state index contributed by atoms with van der Waals surface area (Å²) in [6, 6.07) is 18.1. The quantitative estimate of drug-likeness (QED) is 0.858. The summed E-state index contributed by atoms with van der Waals surface area (Å²) in [6.45, 7) is 0. The Bertz CT molecular complexity index is 764. The Labute approximate surface area is 138 Å². The molecule has 2 fully saturated rings. The highest BCUT2D eigenvalue weighted by atomic mass is 32.2. The van der Waals surface area contributed by atoms with Crippen LogP contribution in [0.2, 0.25) is 0 Å². The van der Waals surface area contributed by atoms with E-state index in [1.807, 2.05) is 36.4 Å². The molecule has 0 aliphatic carbocycles. The van der Waals surface area contributed by atoms with Gasteiger partial charge in [-0.3, -0.25) is 9.59 Å². The van der Waals surface area contributed by atoms with Crippen molar-refractivity contribution in [2.24, 2.45) is 0 Å². The smallest absolute Gasteiger partial charge is 0.248 e. The largest absolute Gasteiger partial charge is 0.391 e. The molecule has 0 saturated carbocycles. The molecule has 116 valence electrons. The number of aliphatic hydroxyl groups excluding tert-OH is 1. The van der Waals surface area contributed by atoms with Crippen LogP contribution < -0.4 is 4.90 Å². The number of imide groups is 1. The van der Waals surface area contributed by atoms with Crippen LogP contribution in [0.3, 0.4) is 0 Å². The Hall–Kier alpha value is -2.11. The Morgan fingerprint density at radius 3 is 2.26 bits per heavy atom. The number of nitrogens with zero attached hydrogens (tertiary/aromatic N) is 1. The number of carbonyl (C=O) groups is 2. The highest BCUT2D eigenvalue weighted by Crippen LogP contribution is 2.52. The Morgan fingerprint density at radius 2 is 1.61 bits per heavy atom. The van der Waals surface area contributed by atoms with E-state index >= 15 is 0 Å². The van der Waals surface area contributed by atoms with E-state index in [1.54, 1.807) is 24.3 Å². The van der Waals surface area contributed by atoms with Gasteiger partial charge in [-0.1, -0.05) is 48.5 Å². The van der Waals surface area contributed by atoms with Gasteiger partial charge >= 0.3 is 0 Å². The van der Waals surface area contributed by atoms with Gasteiger partial charge in [0.25, 0.3) is 0 Å².